The van der Waals surface area contributed by atoms with E-state index >= 15 is 0 Å². The molecule has 1 aliphatic heterocycles. The van der Waals surface area contributed by atoms with Gasteiger partial charge in [-0.3, -0.25) is 9.78 Å². The van der Waals surface area contributed by atoms with Gasteiger partial charge >= 0.3 is 5.97 Å². The van der Waals surface area contributed by atoms with Crippen molar-refractivity contribution in [1.82, 2.24) is 14.9 Å². The van der Waals surface area contributed by atoms with Crippen LogP contribution >= 0.6 is 0 Å². The number of carbonyl (C=O) groups is 2. The predicted molar refractivity (Wildman–Crippen MR) is 149 cm³/mol. The topological polar surface area (TPSA) is 119 Å². The minimum Gasteiger partial charge on any atom is -0.480 e. The van der Waals surface area contributed by atoms with Crippen LogP contribution in [0.15, 0.2) is 78.0 Å². The van der Waals surface area contributed by atoms with E-state index in [0.717, 1.165) is 11.1 Å². The van der Waals surface area contributed by atoms with Gasteiger partial charge in [-0.1, -0.05) is 30.3 Å². The average Bonchev–Trinajstić information content (AvgIpc) is 3.00. The van der Waals surface area contributed by atoms with Crippen LogP contribution in [0, 0.1) is 0 Å². The van der Waals surface area contributed by atoms with E-state index in [4.69, 9.17) is 9.47 Å². The molecule has 1 amide bonds. The number of methoxy groups -OCH3 is 2. The second-order valence-electron chi connectivity index (χ2n) is 9.31. The third-order valence-corrected chi connectivity index (χ3v) is 8.57. The zero-order valence-corrected chi connectivity index (χ0v) is 22.9. The monoisotopic (exact) mass is 560 g/mol. The van der Waals surface area contributed by atoms with E-state index in [1.165, 1.54) is 14.2 Å². The van der Waals surface area contributed by atoms with Gasteiger partial charge in [-0.2, -0.15) is 0 Å². The van der Waals surface area contributed by atoms with Crippen molar-refractivity contribution in [3.8, 4) is 5.88 Å². The number of pyridine rings is 2. The van der Waals surface area contributed by atoms with Gasteiger partial charge in [-0.15, -0.1) is 0 Å². The Morgan fingerprint density at radius 3 is 2.35 bits per heavy atom. The molecular weight excluding hydrogens is 532 g/mol. The van der Waals surface area contributed by atoms with Crippen molar-refractivity contribution in [2.45, 2.75) is 10.6 Å². The zero-order chi connectivity index (χ0) is 28.3. The summed E-state index contributed by atoms with van der Waals surface area (Å²) in [5.74, 6) is -0.672. The maximum atomic E-state index is 13.2. The summed E-state index contributed by atoms with van der Waals surface area (Å²) in [7, 11) is -0.910. The van der Waals surface area contributed by atoms with Gasteiger partial charge < -0.3 is 19.3 Å². The summed E-state index contributed by atoms with van der Waals surface area (Å²) in [4.78, 5) is 37.7. The number of esters is 1. The molecule has 1 aliphatic rings. The van der Waals surface area contributed by atoms with Crippen LogP contribution < -0.4 is 9.64 Å². The molecule has 0 saturated carbocycles. The summed E-state index contributed by atoms with van der Waals surface area (Å²) in [5, 5.41) is 0.761. The second-order valence-corrected chi connectivity index (χ2v) is 11.3. The van der Waals surface area contributed by atoms with Crippen molar-refractivity contribution in [2.75, 3.05) is 45.3 Å². The van der Waals surface area contributed by atoms with Gasteiger partial charge in [-0.05, 0) is 35.9 Å². The lowest BCUT2D eigenvalue weighted by atomic mass is 10.1. The number of hydrogen-bond donors (Lipinski definition) is 0. The number of fused-ring (bicyclic) bond motifs is 1. The van der Waals surface area contributed by atoms with Crippen LogP contribution in [-0.2, 0) is 20.3 Å². The zero-order valence-electron chi connectivity index (χ0n) is 22.1. The fourth-order valence-electron chi connectivity index (χ4n) is 4.75. The summed E-state index contributed by atoms with van der Waals surface area (Å²) in [5.41, 5.74) is 2.49. The average molecular weight is 561 g/mol. The lowest BCUT2D eigenvalue weighted by Crippen LogP contribution is -2.48. The van der Waals surface area contributed by atoms with Gasteiger partial charge in [0.2, 0.25) is 5.88 Å². The fourth-order valence-corrected chi connectivity index (χ4v) is 6.29. The Morgan fingerprint density at radius 2 is 1.65 bits per heavy atom. The van der Waals surface area contributed by atoms with Gasteiger partial charge in [0.1, 0.15) is 5.56 Å². The van der Waals surface area contributed by atoms with Crippen molar-refractivity contribution in [1.29, 1.82) is 0 Å². The summed E-state index contributed by atoms with van der Waals surface area (Å²) in [6.07, 6.45) is 3.21. The standard InChI is InChI=1S/C29H28N4O6S/c1-38-27-24(29(35)39-2)17-23(18-31-27)32-13-15-33(16-14-32)28(34)22-10-8-20(9-11-22)19-40(36,37)25-7-3-5-21-6-4-12-30-26(21)25/h3-12,17-18H,13-16,19H2,1-2H3. The number of anilines is 1. The number of hydrogen-bond acceptors (Lipinski definition) is 9. The summed E-state index contributed by atoms with van der Waals surface area (Å²) in [6.45, 7) is 2.05. The minimum atomic E-state index is -3.65. The quantitative estimate of drug-likeness (QED) is 0.314. The highest BCUT2D eigenvalue weighted by Gasteiger charge is 2.25. The van der Waals surface area contributed by atoms with Gasteiger partial charge in [-0.25, -0.2) is 18.2 Å². The molecule has 1 saturated heterocycles. The molecule has 3 heterocycles. The lowest BCUT2D eigenvalue weighted by molar-refractivity contribution is 0.0596. The molecule has 0 atom stereocenters. The number of piperazine rings is 1. The molecule has 40 heavy (non-hydrogen) atoms. The van der Waals surface area contributed by atoms with E-state index in [9.17, 15) is 18.0 Å². The van der Waals surface area contributed by atoms with Crippen LogP contribution in [0.2, 0.25) is 0 Å². The Bertz CT molecular complexity index is 1660. The van der Waals surface area contributed by atoms with Crippen molar-refractivity contribution < 1.29 is 27.5 Å². The summed E-state index contributed by atoms with van der Waals surface area (Å²) < 4.78 is 36.4. The maximum Gasteiger partial charge on any atom is 0.343 e. The fraction of sp³-hybridized carbons (Fsp3) is 0.241. The molecule has 5 rings (SSSR count). The number of aromatic nitrogens is 2. The van der Waals surface area contributed by atoms with E-state index in [0.29, 0.717) is 42.8 Å². The van der Waals surface area contributed by atoms with E-state index in [1.54, 1.807) is 65.8 Å². The van der Waals surface area contributed by atoms with Gasteiger partial charge in [0.15, 0.2) is 9.84 Å². The molecule has 0 bridgehead atoms. The Kier molecular flexibility index (Phi) is 7.65. The number of amides is 1. The van der Waals surface area contributed by atoms with Gasteiger partial charge in [0.25, 0.3) is 5.91 Å². The highest BCUT2D eigenvalue weighted by molar-refractivity contribution is 7.90. The number of carbonyl (C=O) groups excluding carboxylic acids is 2. The van der Waals surface area contributed by atoms with E-state index < -0.39 is 15.8 Å². The summed E-state index contributed by atoms with van der Waals surface area (Å²) in [6, 6.07) is 17.1. The van der Waals surface area contributed by atoms with E-state index in [-0.39, 0.29) is 28.0 Å². The first-order valence-corrected chi connectivity index (χ1v) is 14.3. The molecule has 10 nitrogen and oxygen atoms in total. The first kappa shape index (κ1) is 27.1. The highest BCUT2D eigenvalue weighted by Crippen LogP contribution is 2.26. The predicted octanol–water partition coefficient (Wildman–Crippen LogP) is 3.36. The van der Waals surface area contributed by atoms with Crippen LogP contribution in [-0.4, -0.2) is 75.6 Å². The molecule has 2 aromatic heterocycles. The van der Waals surface area contributed by atoms with E-state index in [1.807, 2.05) is 17.0 Å². The van der Waals surface area contributed by atoms with Gasteiger partial charge in [0, 0.05) is 43.3 Å². The van der Waals surface area contributed by atoms with Crippen LogP contribution in [0.25, 0.3) is 10.9 Å². The Morgan fingerprint density at radius 1 is 0.925 bits per heavy atom. The number of para-hydroxylation sites is 1. The summed E-state index contributed by atoms with van der Waals surface area (Å²) >= 11 is 0. The molecule has 1 fully saturated rings. The molecule has 0 unspecified atom stereocenters. The molecule has 0 aliphatic carbocycles. The molecule has 2 aromatic carbocycles. The van der Waals surface area contributed by atoms with Crippen molar-refractivity contribution >= 4 is 38.3 Å². The van der Waals surface area contributed by atoms with Crippen LogP contribution in [0.3, 0.4) is 0 Å². The van der Waals surface area contributed by atoms with Gasteiger partial charge in [0.05, 0.1) is 42.3 Å². The number of nitrogens with zero attached hydrogens (tertiary/aromatic N) is 4. The molecule has 0 spiro atoms. The minimum absolute atomic E-state index is 0.129. The lowest BCUT2D eigenvalue weighted by Gasteiger charge is -2.36. The first-order valence-electron chi connectivity index (χ1n) is 12.6. The van der Waals surface area contributed by atoms with Crippen LogP contribution in [0.1, 0.15) is 26.3 Å². The van der Waals surface area contributed by atoms with Crippen LogP contribution in [0.4, 0.5) is 5.69 Å². The number of ether oxygens (including phenoxy) is 2. The first-order chi connectivity index (χ1) is 19.3. The molecule has 206 valence electrons. The molecular formula is C29H28N4O6S. The molecule has 4 aromatic rings. The largest absolute Gasteiger partial charge is 0.480 e. The van der Waals surface area contributed by atoms with Crippen molar-refractivity contribution in [2.24, 2.45) is 0 Å². The number of rotatable bonds is 7. The maximum absolute atomic E-state index is 13.2. The third-order valence-electron chi connectivity index (χ3n) is 6.86. The SMILES string of the molecule is COC(=O)c1cc(N2CCN(C(=O)c3ccc(CS(=O)(=O)c4cccc5cccnc45)cc3)CC2)cnc1OC. The van der Waals surface area contributed by atoms with Crippen LogP contribution in [0.5, 0.6) is 5.88 Å². The Hall–Kier alpha value is -4.51. The Balaban J connectivity index is 1.24. The number of benzene rings is 2. The van der Waals surface area contributed by atoms with Crippen molar-refractivity contribution in [3.05, 3.63) is 89.7 Å². The third kappa shape index (κ3) is 5.46. The number of sulfone groups is 1. The molecule has 0 N–H and O–H groups in total. The smallest absolute Gasteiger partial charge is 0.343 e. The Labute approximate surface area is 232 Å². The second kappa shape index (κ2) is 11.3. The molecule has 11 heteroatoms. The highest BCUT2D eigenvalue weighted by atomic mass is 32.2. The van der Waals surface area contributed by atoms with E-state index in [2.05, 4.69) is 9.97 Å². The van der Waals surface area contributed by atoms with Crippen molar-refractivity contribution in [3.63, 3.8) is 0 Å². The molecule has 0 radical (unpaired) electrons. The normalized spacial score (nSPS) is 13.8.